The second-order valence-corrected chi connectivity index (χ2v) is 9.70. The van der Waals surface area contributed by atoms with E-state index in [0.717, 1.165) is 25.6 Å². The highest BCUT2D eigenvalue weighted by atomic mass is 35.5. The van der Waals surface area contributed by atoms with Crippen LogP contribution in [0.5, 0.6) is 0 Å². The molecule has 1 amide bonds. The topological polar surface area (TPSA) is 79.4 Å². The van der Waals surface area contributed by atoms with Crippen molar-refractivity contribution in [3.63, 3.8) is 0 Å². The number of halogens is 1. The van der Waals surface area contributed by atoms with Gasteiger partial charge < -0.3 is 5.32 Å². The summed E-state index contributed by atoms with van der Waals surface area (Å²) in [6.45, 7) is 3.44. The molecule has 2 aromatic carbocycles. The van der Waals surface area contributed by atoms with Gasteiger partial charge in [0.15, 0.2) is 5.13 Å². The second-order valence-electron chi connectivity index (χ2n) is 6.19. The van der Waals surface area contributed by atoms with E-state index >= 15 is 0 Å². The Labute approximate surface area is 166 Å². The molecular weight excluding hydrogens is 406 g/mol. The number of benzene rings is 2. The lowest BCUT2D eigenvalue weighted by Gasteiger charge is -2.17. The van der Waals surface area contributed by atoms with E-state index in [1.807, 2.05) is 13.8 Å². The van der Waals surface area contributed by atoms with Gasteiger partial charge in [0.1, 0.15) is 0 Å². The SMILES string of the molecule is Cc1ccc(S(=O)(=O)N(C)CC(=O)Nc2nc3ccc(Cl)cc3s2)cc1C. The minimum Gasteiger partial charge on any atom is -0.301 e. The fourth-order valence-corrected chi connectivity index (χ4v) is 4.82. The van der Waals surface area contributed by atoms with E-state index in [0.29, 0.717) is 10.2 Å². The highest BCUT2D eigenvalue weighted by molar-refractivity contribution is 7.89. The van der Waals surface area contributed by atoms with E-state index in [1.54, 1.807) is 36.4 Å². The molecule has 3 rings (SSSR count). The van der Waals surface area contributed by atoms with Crippen molar-refractivity contribution in [1.29, 1.82) is 0 Å². The van der Waals surface area contributed by atoms with Crippen molar-refractivity contribution in [1.82, 2.24) is 9.29 Å². The number of carbonyl (C=O) groups excluding carboxylic acids is 1. The summed E-state index contributed by atoms with van der Waals surface area (Å²) in [4.78, 5) is 16.8. The lowest BCUT2D eigenvalue weighted by molar-refractivity contribution is -0.116. The van der Waals surface area contributed by atoms with Crippen LogP contribution in [0.1, 0.15) is 11.1 Å². The summed E-state index contributed by atoms with van der Waals surface area (Å²) in [7, 11) is -2.38. The van der Waals surface area contributed by atoms with Gasteiger partial charge in [0, 0.05) is 12.1 Å². The summed E-state index contributed by atoms with van der Waals surface area (Å²) in [5.74, 6) is -0.463. The van der Waals surface area contributed by atoms with Crippen molar-refractivity contribution in [2.24, 2.45) is 0 Å². The zero-order valence-corrected chi connectivity index (χ0v) is 17.4. The number of hydrogen-bond donors (Lipinski definition) is 1. The Bertz CT molecular complexity index is 1130. The number of rotatable bonds is 5. The monoisotopic (exact) mass is 423 g/mol. The van der Waals surface area contributed by atoms with Crippen LogP contribution in [0.4, 0.5) is 5.13 Å². The van der Waals surface area contributed by atoms with Crippen LogP contribution in [0.25, 0.3) is 10.2 Å². The van der Waals surface area contributed by atoms with Gasteiger partial charge in [0.25, 0.3) is 0 Å². The fourth-order valence-electron chi connectivity index (χ4n) is 2.45. The predicted molar refractivity (Wildman–Crippen MR) is 109 cm³/mol. The van der Waals surface area contributed by atoms with Crippen molar-refractivity contribution in [3.8, 4) is 0 Å². The number of anilines is 1. The lowest BCUT2D eigenvalue weighted by Crippen LogP contribution is -2.35. The van der Waals surface area contributed by atoms with Crippen molar-refractivity contribution >= 4 is 54.2 Å². The van der Waals surface area contributed by atoms with E-state index in [-0.39, 0.29) is 11.4 Å². The number of nitrogens with one attached hydrogen (secondary N) is 1. The predicted octanol–water partition coefficient (Wildman–Crippen LogP) is 3.83. The molecule has 142 valence electrons. The van der Waals surface area contributed by atoms with Crippen LogP contribution in [-0.2, 0) is 14.8 Å². The number of carbonyl (C=O) groups is 1. The first-order chi connectivity index (χ1) is 12.7. The zero-order valence-electron chi connectivity index (χ0n) is 15.0. The maximum absolute atomic E-state index is 12.7. The number of amides is 1. The Kier molecular flexibility index (Phi) is 5.53. The van der Waals surface area contributed by atoms with Gasteiger partial charge in [-0.3, -0.25) is 4.79 Å². The third-order valence-corrected chi connectivity index (χ3v) is 7.12. The maximum atomic E-state index is 12.7. The van der Waals surface area contributed by atoms with E-state index in [1.165, 1.54) is 18.4 Å². The molecule has 1 heterocycles. The average molecular weight is 424 g/mol. The van der Waals surface area contributed by atoms with E-state index in [2.05, 4.69) is 10.3 Å². The van der Waals surface area contributed by atoms with Crippen LogP contribution in [0.2, 0.25) is 5.02 Å². The molecule has 0 bridgehead atoms. The van der Waals surface area contributed by atoms with E-state index in [9.17, 15) is 13.2 Å². The van der Waals surface area contributed by atoms with Gasteiger partial charge in [-0.1, -0.05) is 29.0 Å². The molecule has 1 aromatic heterocycles. The molecule has 0 fully saturated rings. The molecule has 0 aliphatic rings. The summed E-state index contributed by atoms with van der Waals surface area (Å²) in [5, 5.41) is 3.63. The van der Waals surface area contributed by atoms with Crippen molar-refractivity contribution in [2.75, 3.05) is 18.9 Å². The number of nitrogens with zero attached hydrogens (tertiary/aromatic N) is 2. The number of fused-ring (bicyclic) bond motifs is 1. The number of thiazole rings is 1. The van der Waals surface area contributed by atoms with Gasteiger partial charge in [-0.05, 0) is 55.3 Å². The molecule has 0 saturated carbocycles. The minimum absolute atomic E-state index is 0.163. The van der Waals surface area contributed by atoms with Gasteiger partial charge >= 0.3 is 0 Å². The Hall–Kier alpha value is -2.00. The highest BCUT2D eigenvalue weighted by Crippen LogP contribution is 2.28. The normalized spacial score (nSPS) is 11.9. The summed E-state index contributed by atoms with van der Waals surface area (Å²) in [6, 6.07) is 10.2. The number of aryl methyl sites for hydroxylation is 2. The third-order valence-electron chi connectivity index (χ3n) is 4.15. The quantitative estimate of drug-likeness (QED) is 0.676. The summed E-state index contributed by atoms with van der Waals surface area (Å²) < 4.78 is 27.2. The van der Waals surface area contributed by atoms with Crippen molar-refractivity contribution in [2.45, 2.75) is 18.7 Å². The smallest absolute Gasteiger partial charge is 0.243 e. The Balaban J connectivity index is 1.72. The molecular formula is C18H18ClN3O3S2. The van der Waals surface area contributed by atoms with E-state index < -0.39 is 15.9 Å². The number of likely N-dealkylation sites (N-methyl/N-ethyl adjacent to an activating group) is 1. The summed E-state index contributed by atoms with van der Waals surface area (Å²) >= 11 is 7.23. The first-order valence-corrected chi connectivity index (χ1v) is 10.7. The number of hydrogen-bond acceptors (Lipinski definition) is 5. The Morgan fingerprint density at radius 2 is 1.93 bits per heavy atom. The molecule has 0 unspecified atom stereocenters. The van der Waals surface area contributed by atoms with Gasteiger partial charge in [-0.25, -0.2) is 13.4 Å². The van der Waals surface area contributed by atoms with Crippen LogP contribution in [0.3, 0.4) is 0 Å². The second kappa shape index (κ2) is 7.55. The molecule has 0 atom stereocenters. The van der Waals surface area contributed by atoms with E-state index in [4.69, 9.17) is 11.6 Å². The molecule has 1 N–H and O–H groups in total. The fraction of sp³-hybridized carbons (Fsp3) is 0.222. The Morgan fingerprint density at radius 1 is 1.19 bits per heavy atom. The van der Waals surface area contributed by atoms with Gasteiger partial charge in [0.05, 0.1) is 21.7 Å². The molecule has 0 radical (unpaired) electrons. The number of aromatic nitrogens is 1. The lowest BCUT2D eigenvalue weighted by atomic mass is 10.1. The van der Waals surface area contributed by atoms with Crippen molar-refractivity contribution in [3.05, 3.63) is 52.5 Å². The molecule has 6 nitrogen and oxygen atoms in total. The minimum atomic E-state index is -3.76. The van der Waals surface area contributed by atoms with Gasteiger partial charge in [-0.15, -0.1) is 0 Å². The molecule has 27 heavy (non-hydrogen) atoms. The van der Waals surface area contributed by atoms with Crippen molar-refractivity contribution < 1.29 is 13.2 Å². The first-order valence-electron chi connectivity index (χ1n) is 8.06. The van der Waals surface area contributed by atoms with Crippen LogP contribution in [0, 0.1) is 13.8 Å². The van der Waals surface area contributed by atoms with Gasteiger partial charge in [0.2, 0.25) is 15.9 Å². The van der Waals surface area contributed by atoms with Crippen LogP contribution in [-0.4, -0.2) is 37.2 Å². The Morgan fingerprint density at radius 3 is 2.63 bits per heavy atom. The summed E-state index contributed by atoms with van der Waals surface area (Å²) in [6.07, 6.45) is 0. The molecule has 3 aromatic rings. The third kappa shape index (κ3) is 4.30. The molecule has 0 aliphatic heterocycles. The molecule has 0 aliphatic carbocycles. The van der Waals surface area contributed by atoms with Crippen LogP contribution >= 0.6 is 22.9 Å². The standard InChI is InChI=1S/C18H18ClN3O3S2/c1-11-4-6-14(8-12(11)2)27(24,25)22(3)10-17(23)21-18-20-15-7-5-13(19)9-16(15)26-18/h4-9H,10H2,1-3H3,(H,20,21,23). The maximum Gasteiger partial charge on any atom is 0.243 e. The van der Waals surface area contributed by atoms with Gasteiger partial charge in [-0.2, -0.15) is 4.31 Å². The largest absolute Gasteiger partial charge is 0.301 e. The highest BCUT2D eigenvalue weighted by Gasteiger charge is 2.23. The molecule has 0 saturated heterocycles. The van der Waals surface area contributed by atoms with Crippen LogP contribution < -0.4 is 5.32 Å². The average Bonchev–Trinajstić information content (AvgIpc) is 2.98. The summed E-state index contributed by atoms with van der Waals surface area (Å²) in [5.41, 5.74) is 2.60. The number of sulfonamides is 1. The van der Waals surface area contributed by atoms with Crippen LogP contribution in [0.15, 0.2) is 41.3 Å². The molecule has 0 spiro atoms. The first kappa shape index (κ1) is 19.8. The molecule has 9 heteroatoms. The zero-order chi connectivity index (χ0) is 19.8.